The first-order valence-electron chi connectivity index (χ1n) is 5.08. The lowest BCUT2D eigenvalue weighted by Gasteiger charge is -2.01. The number of ether oxygens (including phenoxy) is 1. The average Bonchev–Trinajstić information content (AvgIpc) is 2.27. The molecule has 0 aliphatic rings. The molecule has 0 N–H and O–H groups in total. The van der Waals surface area contributed by atoms with E-state index in [-0.39, 0.29) is 24.4 Å². The molecule has 1 aromatic rings. The number of hydrogen-bond donors (Lipinski definition) is 0. The number of rotatable bonds is 5. The molecule has 0 radical (unpaired) electrons. The van der Waals surface area contributed by atoms with Gasteiger partial charge in [0.05, 0.1) is 13.0 Å². The minimum Gasteiger partial charge on any atom is -0.466 e. The molecular weight excluding hydrogens is 211 g/mol. The van der Waals surface area contributed by atoms with E-state index in [4.69, 9.17) is 4.74 Å². The fourth-order valence-corrected chi connectivity index (χ4v) is 1.23. The zero-order valence-electron chi connectivity index (χ0n) is 9.03. The van der Waals surface area contributed by atoms with Crippen LogP contribution in [-0.2, 0) is 9.53 Å². The fourth-order valence-electron chi connectivity index (χ4n) is 1.23. The molecule has 1 aromatic carbocycles. The molecule has 0 bridgehead atoms. The SMILES string of the molecule is CCOC(=O)CCC(=O)c1ccc(F)cc1. The summed E-state index contributed by atoms with van der Waals surface area (Å²) in [6, 6.07) is 5.25. The van der Waals surface area contributed by atoms with Crippen LogP contribution in [0, 0.1) is 5.82 Å². The molecule has 3 nitrogen and oxygen atoms in total. The highest BCUT2D eigenvalue weighted by Crippen LogP contribution is 2.07. The third kappa shape index (κ3) is 3.81. The Hall–Kier alpha value is -1.71. The molecule has 0 fully saturated rings. The molecule has 0 unspecified atom stereocenters. The highest BCUT2D eigenvalue weighted by molar-refractivity contribution is 5.97. The summed E-state index contributed by atoms with van der Waals surface area (Å²) in [7, 11) is 0. The average molecular weight is 224 g/mol. The molecule has 16 heavy (non-hydrogen) atoms. The van der Waals surface area contributed by atoms with Crippen molar-refractivity contribution >= 4 is 11.8 Å². The minimum atomic E-state index is -0.391. The lowest BCUT2D eigenvalue weighted by Crippen LogP contribution is -2.07. The third-order valence-corrected chi connectivity index (χ3v) is 2.03. The van der Waals surface area contributed by atoms with E-state index in [2.05, 4.69) is 0 Å². The summed E-state index contributed by atoms with van der Waals surface area (Å²) in [6.45, 7) is 2.02. The van der Waals surface area contributed by atoms with Crippen molar-refractivity contribution in [3.8, 4) is 0 Å². The Labute approximate surface area is 93.2 Å². The lowest BCUT2D eigenvalue weighted by molar-refractivity contribution is -0.143. The van der Waals surface area contributed by atoms with Crippen LogP contribution in [0.2, 0.25) is 0 Å². The number of ketones is 1. The second kappa shape index (κ2) is 6.00. The van der Waals surface area contributed by atoms with E-state index in [0.29, 0.717) is 12.2 Å². The Morgan fingerprint density at radius 3 is 2.38 bits per heavy atom. The molecule has 0 atom stereocenters. The molecule has 0 saturated heterocycles. The molecule has 0 saturated carbocycles. The zero-order chi connectivity index (χ0) is 12.0. The molecule has 0 heterocycles. The second-order valence-corrected chi connectivity index (χ2v) is 3.24. The van der Waals surface area contributed by atoms with Crippen molar-refractivity contribution in [1.82, 2.24) is 0 Å². The van der Waals surface area contributed by atoms with E-state index in [0.717, 1.165) is 0 Å². The highest BCUT2D eigenvalue weighted by atomic mass is 19.1. The monoisotopic (exact) mass is 224 g/mol. The van der Waals surface area contributed by atoms with Crippen LogP contribution < -0.4 is 0 Å². The van der Waals surface area contributed by atoms with Crippen LogP contribution in [0.1, 0.15) is 30.1 Å². The highest BCUT2D eigenvalue weighted by Gasteiger charge is 2.09. The van der Waals surface area contributed by atoms with E-state index in [9.17, 15) is 14.0 Å². The van der Waals surface area contributed by atoms with Gasteiger partial charge in [0.1, 0.15) is 5.82 Å². The van der Waals surface area contributed by atoms with E-state index in [1.54, 1.807) is 6.92 Å². The molecule has 1 rings (SSSR count). The Morgan fingerprint density at radius 2 is 1.81 bits per heavy atom. The van der Waals surface area contributed by atoms with E-state index < -0.39 is 5.97 Å². The van der Waals surface area contributed by atoms with Gasteiger partial charge < -0.3 is 4.74 Å². The molecule has 0 amide bonds. The number of carbonyl (C=O) groups is 2. The Balaban J connectivity index is 2.47. The predicted molar refractivity (Wildman–Crippen MR) is 56.6 cm³/mol. The van der Waals surface area contributed by atoms with Crippen LogP contribution in [0.15, 0.2) is 24.3 Å². The van der Waals surface area contributed by atoms with Crippen molar-refractivity contribution < 1.29 is 18.7 Å². The summed E-state index contributed by atoms with van der Waals surface area (Å²) in [5, 5.41) is 0. The molecule has 0 aromatic heterocycles. The van der Waals surface area contributed by atoms with Crippen LogP contribution in [0.5, 0.6) is 0 Å². The third-order valence-electron chi connectivity index (χ3n) is 2.03. The molecule has 86 valence electrons. The maximum absolute atomic E-state index is 12.6. The van der Waals surface area contributed by atoms with Crippen molar-refractivity contribution in [1.29, 1.82) is 0 Å². The van der Waals surface area contributed by atoms with E-state index in [1.165, 1.54) is 24.3 Å². The second-order valence-electron chi connectivity index (χ2n) is 3.24. The standard InChI is InChI=1S/C12H13FO3/c1-2-16-12(15)8-7-11(14)9-3-5-10(13)6-4-9/h3-6H,2,7-8H2,1H3. The molecule has 0 aliphatic carbocycles. The van der Waals surface area contributed by atoms with Crippen LogP contribution in [0.25, 0.3) is 0 Å². The van der Waals surface area contributed by atoms with Gasteiger partial charge in [0.15, 0.2) is 5.78 Å². The first-order valence-corrected chi connectivity index (χ1v) is 5.08. The van der Waals surface area contributed by atoms with E-state index >= 15 is 0 Å². The first-order chi connectivity index (χ1) is 7.63. The summed E-state index contributed by atoms with van der Waals surface area (Å²) < 4.78 is 17.3. The summed E-state index contributed by atoms with van der Waals surface area (Å²) in [5.41, 5.74) is 0.408. The van der Waals surface area contributed by atoms with Gasteiger partial charge in [0, 0.05) is 12.0 Å². The van der Waals surface area contributed by atoms with Gasteiger partial charge in [-0.1, -0.05) is 0 Å². The van der Waals surface area contributed by atoms with Gasteiger partial charge in [0.25, 0.3) is 0 Å². The summed E-state index contributed by atoms with van der Waals surface area (Å²) in [4.78, 5) is 22.5. The minimum absolute atomic E-state index is 0.0596. The first kappa shape index (κ1) is 12.4. The van der Waals surface area contributed by atoms with Crippen molar-refractivity contribution in [3.63, 3.8) is 0 Å². The predicted octanol–water partition coefficient (Wildman–Crippen LogP) is 2.35. The van der Waals surface area contributed by atoms with Crippen molar-refractivity contribution in [2.45, 2.75) is 19.8 Å². The summed E-state index contributed by atoms with van der Waals surface area (Å²) in [6.07, 6.45) is 0.147. The van der Waals surface area contributed by atoms with Crippen LogP contribution in [-0.4, -0.2) is 18.4 Å². The molecule has 0 aliphatic heterocycles. The van der Waals surface area contributed by atoms with Gasteiger partial charge in [-0.25, -0.2) is 4.39 Å². The maximum atomic E-state index is 12.6. The zero-order valence-corrected chi connectivity index (χ0v) is 9.03. The summed E-state index contributed by atoms with van der Waals surface area (Å²) >= 11 is 0. The van der Waals surface area contributed by atoms with Gasteiger partial charge in [0.2, 0.25) is 0 Å². The van der Waals surface area contributed by atoms with Crippen LogP contribution in [0.3, 0.4) is 0 Å². The topological polar surface area (TPSA) is 43.4 Å². The smallest absolute Gasteiger partial charge is 0.306 e. The number of benzene rings is 1. The maximum Gasteiger partial charge on any atom is 0.306 e. The van der Waals surface area contributed by atoms with E-state index in [1.807, 2.05) is 0 Å². The van der Waals surface area contributed by atoms with Gasteiger partial charge in [-0.3, -0.25) is 9.59 Å². The molecule has 4 heteroatoms. The number of hydrogen-bond acceptors (Lipinski definition) is 3. The van der Waals surface area contributed by atoms with Gasteiger partial charge in [-0.2, -0.15) is 0 Å². The number of halogens is 1. The number of esters is 1. The fraction of sp³-hybridized carbons (Fsp3) is 0.333. The van der Waals surface area contributed by atoms with Crippen LogP contribution in [0.4, 0.5) is 4.39 Å². The van der Waals surface area contributed by atoms with Gasteiger partial charge in [-0.15, -0.1) is 0 Å². The Morgan fingerprint density at radius 1 is 1.19 bits per heavy atom. The number of carbonyl (C=O) groups excluding carboxylic acids is 2. The molecule has 0 spiro atoms. The Bertz CT molecular complexity index is 370. The lowest BCUT2D eigenvalue weighted by atomic mass is 10.1. The largest absolute Gasteiger partial charge is 0.466 e. The van der Waals surface area contributed by atoms with Crippen molar-refractivity contribution in [2.75, 3.05) is 6.61 Å². The van der Waals surface area contributed by atoms with Crippen molar-refractivity contribution in [3.05, 3.63) is 35.6 Å². The Kier molecular flexibility index (Phi) is 4.64. The van der Waals surface area contributed by atoms with Gasteiger partial charge in [-0.05, 0) is 31.2 Å². The quantitative estimate of drug-likeness (QED) is 0.569. The van der Waals surface area contributed by atoms with Gasteiger partial charge >= 0.3 is 5.97 Å². The summed E-state index contributed by atoms with van der Waals surface area (Å²) in [5.74, 6) is -0.965. The van der Waals surface area contributed by atoms with Crippen LogP contribution >= 0.6 is 0 Å². The van der Waals surface area contributed by atoms with Crippen molar-refractivity contribution in [2.24, 2.45) is 0 Å². The normalized spacial score (nSPS) is 9.88. The molecular formula is C12H13FO3. The number of Topliss-reactive ketones (excluding diaryl/α,β-unsaturated/α-hetero) is 1.